The average Bonchev–Trinajstić information content (AvgIpc) is 2.80. The molecule has 1 fully saturated rings. The number of nitrogens with zero attached hydrogens (tertiary/aromatic N) is 1. The first-order chi connectivity index (χ1) is 9.02. The maximum atomic E-state index is 12.3. The summed E-state index contributed by atoms with van der Waals surface area (Å²) in [6.45, 7) is 2.10. The zero-order chi connectivity index (χ0) is 14.0. The number of carboxylic acid groups (broad SMARTS) is 1. The summed E-state index contributed by atoms with van der Waals surface area (Å²) in [4.78, 5) is 24.6. The predicted molar refractivity (Wildman–Crippen MR) is 68.9 cm³/mol. The molecule has 0 bridgehead atoms. The van der Waals surface area contributed by atoms with Crippen molar-refractivity contribution in [2.24, 2.45) is 0 Å². The standard InChI is InChI=1S/C14H17NO4/c1-2-9-3-5-10(6-4-9)13(17)15-8-11(16)7-12(15)14(18)19/h3-6,11-12,16H,2,7-8H2,1H3,(H,18,19)/t11?,12-/m0/s1. The lowest BCUT2D eigenvalue weighted by molar-refractivity contribution is -0.141. The van der Waals surface area contributed by atoms with E-state index in [1.165, 1.54) is 4.90 Å². The Morgan fingerprint density at radius 3 is 2.47 bits per heavy atom. The van der Waals surface area contributed by atoms with Gasteiger partial charge in [0.15, 0.2) is 0 Å². The topological polar surface area (TPSA) is 77.8 Å². The lowest BCUT2D eigenvalue weighted by atomic mass is 10.1. The second-order valence-electron chi connectivity index (χ2n) is 4.75. The molecule has 5 nitrogen and oxygen atoms in total. The monoisotopic (exact) mass is 263 g/mol. The van der Waals surface area contributed by atoms with Gasteiger partial charge in [-0.05, 0) is 24.1 Å². The molecule has 2 N–H and O–H groups in total. The van der Waals surface area contributed by atoms with Crippen LogP contribution in [0.15, 0.2) is 24.3 Å². The summed E-state index contributed by atoms with van der Waals surface area (Å²) in [5.74, 6) is -1.42. The Balaban J connectivity index is 2.20. The van der Waals surface area contributed by atoms with E-state index in [2.05, 4.69) is 0 Å². The molecule has 1 aliphatic heterocycles. The maximum absolute atomic E-state index is 12.3. The molecule has 1 amide bonds. The highest BCUT2D eigenvalue weighted by molar-refractivity contribution is 5.97. The second kappa shape index (κ2) is 5.40. The summed E-state index contributed by atoms with van der Waals surface area (Å²) in [6.07, 6.45) is 0.211. The predicted octanol–water partition coefficient (Wildman–Crippen LogP) is 0.909. The van der Waals surface area contributed by atoms with E-state index in [0.29, 0.717) is 5.56 Å². The molecule has 2 atom stereocenters. The van der Waals surface area contributed by atoms with Crippen LogP contribution in [0.25, 0.3) is 0 Å². The van der Waals surface area contributed by atoms with E-state index in [0.717, 1.165) is 12.0 Å². The molecule has 5 heteroatoms. The van der Waals surface area contributed by atoms with Gasteiger partial charge in [0.1, 0.15) is 6.04 Å². The van der Waals surface area contributed by atoms with E-state index in [1.807, 2.05) is 19.1 Å². The highest BCUT2D eigenvalue weighted by Crippen LogP contribution is 2.21. The molecule has 1 aromatic rings. The first-order valence-corrected chi connectivity index (χ1v) is 6.33. The van der Waals surface area contributed by atoms with Crippen LogP contribution in [0.3, 0.4) is 0 Å². The van der Waals surface area contributed by atoms with E-state index in [-0.39, 0.29) is 18.9 Å². The minimum atomic E-state index is -1.07. The van der Waals surface area contributed by atoms with Crippen LogP contribution in [-0.2, 0) is 11.2 Å². The molecule has 1 saturated heterocycles. The van der Waals surface area contributed by atoms with Gasteiger partial charge in [0.2, 0.25) is 0 Å². The minimum Gasteiger partial charge on any atom is -0.480 e. The fraction of sp³-hybridized carbons (Fsp3) is 0.429. The summed E-state index contributed by atoms with van der Waals surface area (Å²) >= 11 is 0. The van der Waals surface area contributed by atoms with Crippen LogP contribution >= 0.6 is 0 Å². The summed E-state index contributed by atoms with van der Waals surface area (Å²) in [6, 6.07) is 6.17. The largest absolute Gasteiger partial charge is 0.480 e. The Morgan fingerprint density at radius 2 is 1.95 bits per heavy atom. The Hall–Kier alpha value is -1.88. The molecular weight excluding hydrogens is 246 g/mol. The highest BCUT2D eigenvalue weighted by Gasteiger charge is 2.39. The molecule has 1 aromatic carbocycles. The number of amides is 1. The molecule has 2 rings (SSSR count). The van der Waals surface area contributed by atoms with Crippen LogP contribution in [0.4, 0.5) is 0 Å². The summed E-state index contributed by atoms with van der Waals surface area (Å²) in [5.41, 5.74) is 1.57. The van der Waals surface area contributed by atoms with Crippen molar-refractivity contribution in [3.05, 3.63) is 35.4 Å². The lowest BCUT2D eigenvalue weighted by Crippen LogP contribution is -2.40. The van der Waals surface area contributed by atoms with Crippen molar-refractivity contribution in [1.29, 1.82) is 0 Å². The van der Waals surface area contributed by atoms with Crippen LogP contribution < -0.4 is 0 Å². The number of aryl methyl sites for hydroxylation is 1. The number of aliphatic hydroxyl groups excluding tert-OH is 1. The summed E-state index contributed by atoms with van der Waals surface area (Å²) < 4.78 is 0. The van der Waals surface area contributed by atoms with Crippen molar-refractivity contribution in [2.75, 3.05) is 6.54 Å². The number of carbonyl (C=O) groups is 2. The van der Waals surface area contributed by atoms with E-state index >= 15 is 0 Å². The third-order valence-electron chi connectivity index (χ3n) is 3.43. The third kappa shape index (κ3) is 2.76. The Bertz CT molecular complexity index is 483. The number of carboxylic acids is 1. The van der Waals surface area contributed by atoms with E-state index in [1.54, 1.807) is 12.1 Å². The first-order valence-electron chi connectivity index (χ1n) is 6.33. The zero-order valence-corrected chi connectivity index (χ0v) is 10.7. The molecule has 0 aromatic heterocycles. The number of β-amino-alcohol motifs (C(OH)–C–C–N with tert-alkyl or cyclic N) is 1. The number of likely N-dealkylation sites (tertiary alicyclic amines) is 1. The molecule has 102 valence electrons. The highest BCUT2D eigenvalue weighted by atomic mass is 16.4. The van der Waals surface area contributed by atoms with Crippen LogP contribution in [0.5, 0.6) is 0 Å². The van der Waals surface area contributed by atoms with Gasteiger partial charge in [0.05, 0.1) is 6.10 Å². The van der Waals surface area contributed by atoms with E-state index in [9.17, 15) is 14.7 Å². The van der Waals surface area contributed by atoms with Crippen LogP contribution in [-0.4, -0.2) is 45.7 Å². The van der Waals surface area contributed by atoms with Crippen molar-refractivity contribution in [3.63, 3.8) is 0 Å². The van der Waals surface area contributed by atoms with Gasteiger partial charge in [-0.3, -0.25) is 4.79 Å². The van der Waals surface area contributed by atoms with Gasteiger partial charge in [-0.1, -0.05) is 19.1 Å². The van der Waals surface area contributed by atoms with E-state index < -0.39 is 18.1 Å². The minimum absolute atomic E-state index is 0.0747. The number of rotatable bonds is 3. The Kier molecular flexibility index (Phi) is 3.85. The van der Waals surface area contributed by atoms with Crippen molar-refractivity contribution in [2.45, 2.75) is 31.9 Å². The Morgan fingerprint density at radius 1 is 1.32 bits per heavy atom. The number of hydrogen-bond acceptors (Lipinski definition) is 3. The lowest BCUT2D eigenvalue weighted by Gasteiger charge is -2.21. The van der Waals surface area contributed by atoms with Crippen LogP contribution in [0.2, 0.25) is 0 Å². The van der Waals surface area contributed by atoms with Crippen molar-refractivity contribution in [3.8, 4) is 0 Å². The molecule has 1 aliphatic rings. The Labute approximate surface area is 111 Å². The number of aliphatic hydroxyl groups is 1. The fourth-order valence-electron chi connectivity index (χ4n) is 2.32. The van der Waals surface area contributed by atoms with Gasteiger partial charge >= 0.3 is 5.97 Å². The molecule has 1 heterocycles. The fourth-order valence-corrected chi connectivity index (χ4v) is 2.32. The zero-order valence-electron chi connectivity index (χ0n) is 10.7. The molecule has 1 unspecified atom stereocenters. The smallest absolute Gasteiger partial charge is 0.326 e. The summed E-state index contributed by atoms with van der Waals surface area (Å²) in [7, 11) is 0. The normalized spacial score (nSPS) is 22.5. The van der Waals surface area contributed by atoms with Gasteiger partial charge in [-0.25, -0.2) is 4.79 Å². The van der Waals surface area contributed by atoms with Gasteiger partial charge in [-0.2, -0.15) is 0 Å². The first kappa shape index (κ1) is 13.5. The van der Waals surface area contributed by atoms with Gasteiger partial charge in [0.25, 0.3) is 5.91 Å². The maximum Gasteiger partial charge on any atom is 0.326 e. The van der Waals surface area contributed by atoms with Crippen molar-refractivity contribution >= 4 is 11.9 Å². The van der Waals surface area contributed by atoms with E-state index in [4.69, 9.17) is 5.11 Å². The van der Waals surface area contributed by atoms with Crippen LogP contribution in [0.1, 0.15) is 29.3 Å². The van der Waals surface area contributed by atoms with Crippen molar-refractivity contribution in [1.82, 2.24) is 4.90 Å². The number of hydrogen-bond donors (Lipinski definition) is 2. The number of carbonyl (C=O) groups excluding carboxylic acids is 1. The van der Waals surface area contributed by atoms with Crippen LogP contribution in [0, 0.1) is 0 Å². The third-order valence-corrected chi connectivity index (χ3v) is 3.43. The number of aliphatic carboxylic acids is 1. The summed E-state index contributed by atoms with van der Waals surface area (Å²) in [5, 5.41) is 18.6. The van der Waals surface area contributed by atoms with Gasteiger partial charge < -0.3 is 15.1 Å². The SMILES string of the molecule is CCc1ccc(C(=O)N2CC(O)C[C@H]2C(=O)O)cc1. The van der Waals surface area contributed by atoms with Gasteiger partial charge in [-0.15, -0.1) is 0 Å². The average molecular weight is 263 g/mol. The molecule has 19 heavy (non-hydrogen) atoms. The number of benzene rings is 1. The molecule has 0 spiro atoms. The molecule has 0 saturated carbocycles. The molecule has 0 radical (unpaired) electrons. The molecule has 0 aliphatic carbocycles. The molecular formula is C14H17NO4. The van der Waals surface area contributed by atoms with Gasteiger partial charge in [0, 0.05) is 18.5 Å². The van der Waals surface area contributed by atoms with Crippen molar-refractivity contribution < 1.29 is 19.8 Å². The second-order valence-corrected chi connectivity index (χ2v) is 4.75. The quantitative estimate of drug-likeness (QED) is 0.849.